The second kappa shape index (κ2) is 3.14. The van der Waals surface area contributed by atoms with Gasteiger partial charge in [-0.05, 0) is 31.0 Å². The van der Waals surface area contributed by atoms with Crippen LogP contribution in [-0.2, 0) is 0 Å². The van der Waals surface area contributed by atoms with E-state index in [2.05, 4.69) is 15.9 Å². The van der Waals surface area contributed by atoms with Crippen molar-refractivity contribution in [3.05, 3.63) is 28.2 Å². The maximum absolute atomic E-state index is 11.7. The fraction of sp³-hybridized carbons (Fsp3) is 0.300. The number of nitrogens with two attached hydrogens (primary N) is 1. The first-order chi connectivity index (χ1) is 6.18. The van der Waals surface area contributed by atoms with Crippen molar-refractivity contribution in [1.29, 1.82) is 0 Å². The number of carbonyl (C=O) groups excluding carboxylic acids is 1. The van der Waals surface area contributed by atoms with Gasteiger partial charge >= 0.3 is 0 Å². The SMILES string of the molecule is Nc1ccc(Br)cc1C(=O)C1CC1. The Balaban J connectivity index is 2.37. The summed E-state index contributed by atoms with van der Waals surface area (Å²) in [6.07, 6.45) is 2.04. The van der Waals surface area contributed by atoms with Gasteiger partial charge in [-0.2, -0.15) is 0 Å². The summed E-state index contributed by atoms with van der Waals surface area (Å²) in [5.41, 5.74) is 6.96. The highest BCUT2D eigenvalue weighted by Gasteiger charge is 2.31. The third kappa shape index (κ3) is 1.75. The van der Waals surface area contributed by atoms with Crippen molar-refractivity contribution in [2.24, 2.45) is 5.92 Å². The second-order valence-corrected chi connectivity index (χ2v) is 4.29. The Morgan fingerprint density at radius 2 is 2.15 bits per heavy atom. The van der Waals surface area contributed by atoms with E-state index in [9.17, 15) is 4.79 Å². The molecule has 0 bridgehead atoms. The van der Waals surface area contributed by atoms with Gasteiger partial charge in [0.2, 0.25) is 0 Å². The van der Waals surface area contributed by atoms with E-state index in [0.29, 0.717) is 11.3 Å². The third-order valence-electron chi connectivity index (χ3n) is 2.23. The molecule has 0 amide bonds. The van der Waals surface area contributed by atoms with Crippen molar-refractivity contribution in [3.8, 4) is 0 Å². The summed E-state index contributed by atoms with van der Waals surface area (Å²) in [4.78, 5) is 11.7. The van der Waals surface area contributed by atoms with Gasteiger partial charge in [0.1, 0.15) is 0 Å². The van der Waals surface area contributed by atoms with Gasteiger partial charge in [0.05, 0.1) is 0 Å². The molecule has 2 rings (SSSR count). The fourth-order valence-corrected chi connectivity index (χ4v) is 1.67. The zero-order valence-electron chi connectivity index (χ0n) is 7.09. The number of nitrogen functional groups attached to an aromatic ring is 1. The van der Waals surface area contributed by atoms with Crippen LogP contribution in [0.2, 0.25) is 0 Å². The number of rotatable bonds is 2. The van der Waals surface area contributed by atoms with E-state index < -0.39 is 0 Å². The highest BCUT2D eigenvalue weighted by molar-refractivity contribution is 9.10. The van der Waals surface area contributed by atoms with E-state index >= 15 is 0 Å². The Bertz CT molecular complexity index is 358. The van der Waals surface area contributed by atoms with Crippen LogP contribution in [0.15, 0.2) is 22.7 Å². The van der Waals surface area contributed by atoms with E-state index in [1.807, 2.05) is 6.07 Å². The van der Waals surface area contributed by atoms with Gasteiger partial charge in [-0.3, -0.25) is 4.79 Å². The van der Waals surface area contributed by atoms with E-state index in [1.54, 1.807) is 12.1 Å². The van der Waals surface area contributed by atoms with Crippen molar-refractivity contribution < 1.29 is 4.79 Å². The molecule has 1 aliphatic carbocycles. The molecule has 1 fully saturated rings. The van der Waals surface area contributed by atoms with Gasteiger partial charge in [0.15, 0.2) is 5.78 Å². The fourth-order valence-electron chi connectivity index (χ4n) is 1.31. The first-order valence-corrected chi connectivity index (χ1v) is 5.07. The molecule has 1 aromatic carbocycles. The van der Waals surface area contributed by atoms with Crippen LogP contribution < -0.4 is 5.73 Å². The number of halogens is 1. The molecule has 0 saturated heterocycles. The number of anilines is 1. The quantitative estimate of drug-likeness (QED) is 0.637. The molecule has 68 valence electrons. The Hall–Kier alpha value is -0.830. The summed E-state index contributed by atoms with van der Waals surface area (Å²) in [5.74, 6) is 0.426. The molecule has 3 heteroatoms. The lowest BCUT2D eigenvalue weighted by Crippen LogP contribution is -2.05. The molecule has 2 nitrogen and oxygen atoms in total. The molecule has 1 aliphatic rings. The van der Waals surface area contributed by atoms with E-state index in [1.165, 1.54) is 0 Å². The first kappa shape index (κ1) is 8.75. The van der Waals surface area contributed by atoms with E-state index in [4.69, 9.17) is 5.73 Å². The summed E-state index contributed by atoms with van der Waals surface area (Å²) >= 11 is 3.33. The van der Waals surface area contributed by atoms with Gasteiger partial charge < -0.3 is 5.73 Å². The van der Waals surface area contributed by atoms with Crippen LogP contribution in [-0.4, -0.2) is 5.78 Å². The second-order valence-electron chi connectivity index (χ2n) is 3.37. The third-order valence-corrected chi connectivity index (χ3v) is 2.72. The highest BCUT2D eigenvalue weighted by atomic mass is 79.9. The Morgan fingerprint density at radius 1 is 1.46 bits per heavy atom. The van der Waals surface area contributed by atoms with Crippen molar-refractivity contribution >= 4 is 27.4 Å². The van der Waals surface area contributed by atoms with Gasteiger partial charge in [0, 0.05) is 21.6 Å². The first-order valence-electron chi connectivity index (χ1n) is 4.27. The lowest BCUT2D eigenvalue weighted by atomic mass is 10.1. The summed E-state index contributed by atoms with van der Waals surface area (Å²) in [6.45, 7) is 0. The smallest absolute Gasteiger partial charge is 0.168 e. The topological polar surface area (TPSA) is 43.1 Å². The highest BCUT2D eigenvalue weighted by Crippen LogP contribution is 2.34. The lowest BCUT2D eigenvalue weighted by Gasteiger charge is -2.03. The summed E-state index contributed by atoms with van der Waals surface area (Å²) < 4.78 is 0.908. The average molecular weight is 240 g/mol. The maximum atomic E-state index is 11.7. The zero-order valence-corrected chi connectivity index (χ0v) is 8.67. The van der Waals surface area contributed by atoms with Gasteiger partial charge in [-0.15, -0.1) is 0 Å². The molecule has 1 aromatic rings. The molecule has 1 saturated carbocycles. The van der Waals surface area contributed by atoms with Crippen molar-refractivity contribution in [2.45, 2.75) is 12.8 Å². The molecule has 0 atom stereocenters. The molecule has 0 aliphatic heterocycles. The van der Waals surface area contributed by atoms with Crippen molar-refractivity contribution in [3.63, 3.8) is 0 Å². The summed E-state index contributed by atoms with van der Waals surface area (Å²) in [7, 11) is 0. The Morgan fingerprint density at radius 3 is 2.77 bits per heavy atom. The number of hydrogen-bond acceptors (Lipinski definition) is 2. The molecule has 0 spiro atoms. The van der Waals surface area contributed by atoms with Crippen LogP contribution >= 0.6 is 15.9 Å². The number of carbonyl (C=O) groups is 1. The van der Waals surface area contributed by atoms with Gasteiger partial charge in [-0.25, -0.2) is 0 Å². The van der Waals surface area contributed by atoms with Crippen LogP contribution in [0.25, 0.3) is 0 Å². The van der Waals surface area contributed by atoms with Crippen LogP contribution in [0.4, 0.5) is 5.69 Å². The van der Waals surface area contributed by atoms with Gasteiger partial charge in [0.25, 0.3) is 0 Å². The van der Waals surface area contributed by atoms with Crippen molar-refractivity contribution in [1.82, 2.24) is 0 Å². The molecule has 0 radical (unpaired) electrons. The number of benzene rings is 1. The maximum Gasteiger partial charge on any atom is 0.168 e. The molecule has 0 unspecified atom stereocenters. The molecule has 0 aromatic heterocycles. The predicted octanol–water partition coefficient (Wildman–Crippen LogP) is 2.62. The van der Waals surface area contributed by atoms with E-state index in [0.717, 1.165) is 17.3 Å². The number of Topliss-reactive ketones (excluding diaryl/α,β-unsaturated/α-hetero) is 1. The normalized spacial score (nSPS) is 15.8. The lowest BCUT2D eigenvalue weighted by molar-refractivity contribution is 0.0968. The molecule has 13 heavy (non-hydrogen) atoms. The monoisotopic (exact) mass is 239 g/mol. The van der Waals surface area contributed by atoms with Crippen LogP contribution in [0.3, 0.4) is 0 Å². The minimum Gasteiger partial charge on any atom is -0.398 e. The minimum atomic E-state index is 0.193. The zero-order chi connectivity index (χ0) is 9.42. The summed E-state index contributed by atoms with van der Waals surface area (Å²) in [5, 5.41) is 0. The minimum absolute atomic E-state index is 0.193. The van der Waals surface area contributed by atoms with Crippen LogP contribution in [0, 0.1) is 5.92 Å². The molecule has 2 N–H and O–H groups in total. The Kier molecular flexibility index (Phi) is 2.12. The van der Waals surface area contributed by atoms with E-state index in [-0.39, 0.29) is 11.7 Å². The average Bonchev–Trinajstić information content (AvgIpc) is 2.91. The molecular formula is C10H10BrNO. The van der Waals surface area contributed by atoms with Crippen LogP contribution in [0.1, 0.15) is 23.2 Å². The molecule has 0 heterocycles. The van der Waals surface area contributed by atoms with Crippen LogP contribution in [0.5, 0.6) is 0 Å². The standard InChI is InChI=1S/C10H10BrNO/c11-7-3-4-9(12)8(5-7)10(13)6-1-2-6/h3-6H,1-2,12H2. The largest absolute Gasteiger partial charge is 0.398 e. The predicted molar refractivity (Wildman–Crippen MR) is 55.6 cm³/mol. The summed E-state index contributed by atoms with van der Waals surface area (Å²) in [6, 6.07) is 5.41. The van der Waals surface area contributed by atoms with Gasteiger partial charge in [-0.1, -0.05) is 15.9 Å². The Labute approximate surface area is 85.3 Å². The van der Waals surface area contributed by atoms with Crippen molar-refractivity contribution in [2.75, 3.05) is 5.73 Å². The number of ketones is 1. The molecular weight excluding hydrogens is 230 g/mol. The number of hydrogen-bond donors (Lipinski definition) is 1.